The van der Waals surface area contributed by atoms with E-state index in [2.05, 4.69) is 0 Å². The Morgan fingerprint density at radius 1 is 1.38 bits per heavy atom. The van der Waals surface area contributed by atoms with Gasteiger partial charge in [-0.05, 0) is 18.3 Å². The van der Waals surface area contributed by atoms with Crippen molar-refractivity contribution < 1.29 is 9.53 Å². The number of carbonyl (C=O) groups excluding carboxylic acids is 1. The van der Waals surface area contributed by atoms with Gasteiger partial charge < -0.3 is 9.64 Å². The maximum atomic E-state index is 12.1. The second-order valence-electron chi connectivity index (χ2n) is 5.59. The van der Waals surface area contributed by atoms with Crippen LogP contribution < -0.4 is 5.73 Å². The van der Waals surface area contributed by atoms with E-state index in [1.165, 1.54) is 0 Å². The fourth-order valence-electron chi connectivity index (χ4n) is 1.83. The predicted octanol–water partition coefficient (Wildman–Crippen LogP) is 1.32. The van der Waals surface area contributed by atoms with E-state index in [9.17, 15) is 4.79 Å². The number of hydrogen-bond donors (Lipinski definition) is 0. The fourth-order valence-corrected chi connectivity index (χ4v) is 1.83. The minimum Gasteiger partial charge on any atom is -0.381 e. The van der Waals surface area contributed by atoms with Crippen molar-refractivity contribution in [3.63, 3.8) is 0 Å². The van der Waals surface area contributed by atoms with Gasteiger partial charge in [0.05, 0.1) is 0 Å². The van der Waals surface area contributed by atoms with E-state index in [0.717, 1.165) is 26.1 Å². The third-order valence-electron chi connectivity index (χ3n) is 3.20. The van der Waals surface area contributed by atoms with Crippen molar-refractivity contribution in [1.82, 2.24) is 10.6 Å². The van der Waals surface area contributed by atoms with Crippen LogP contribution in [0.25, 0.3) is 0 Å². The average Bonchev–Trinajstić information content (AvgIpc) is 2.26. The molecule has 1 saturated heterocycles. The quantitative estimate of drug-likeness (QED) is 0.714. The molecule has 0 aromatic rings. The molecule has 4 nitrogen and oxygen atoms in total. The van der Waals surface area contributed by atoms with Gasteiger partial charge in [0.15, 0.2) is 0 Å². The molecule has 0 aromatic carbocycles. The van der Waals surface area contributed by atoms with E-state index in [4.69, 9.17) is 10.5 Å². The Morgan fingerprint density at radius 3 is 2.31 bits per heavy atom. The molecule has 0 aromatic heterocycles. The summed E-state index contributed by atoms with van der Waals surface area (Å²) in [7, 11) is 1.81. The van der Waals surface area contributed by atoms with Crippen molar-refractivity contribution in [1.29, 1.82) is 0 Å². The van der Waals surface area contributed by atoms with Gasteiger partial charge in [-0.3, -0.25) is 4.79 Å². The zero-order chi connectivity index (χ0) is 12.3. The van der Waals surface area contributed by atoms with Crippen molar-refractivity contribution >= 4 is 5.91 Å². The summed E-state index contributed by atoms with van der Waals surface area (Å²) in [4.78, 5) is 13.8. The van der Waals surface area contributed by atoms with E-state index < -0.39 is 6.04 Å². The van der Waals surface area contributed by atoms with Gasteiger partial charge in [0, 0.05) is 26.3 Å². The summed E-state index contributed by atoms with van der Waals surface area (Å²) in [5.74, 6) is -0.0700. The molecule has 16 heavy (non-hydrogen) atoms. The molecule has 1 heterocycles. The number of hydrogen-bond acceptors (Lipinski definition) is 2. The minimum absolute atomic E-state index is 0.0700. The molecule has 1 aliphatic heterocycles. The van der Waals surface area contributed by atoms with E-state index in [1.807, 2.05) is 27.8 Å². The molecular weight excluding hydrogens is 204 g/mol. The van der Waals surface area contributed by atoms with E-state index in [-0.39, 0.29) is 17.4 Å². The molecule has 0 saturated carbocycles. The van der Waals surface area contributed by atoms with Gasteiger partial charge in [0.2, 0.25) is 5.91 Å². The third-order valence-corrected chi connectivity index (χ3v) is 3.20. The molecule has 0 spiro atoms. The Balaban J connectivity index is 2.58. The van der Waals surface area contributed by atoms with Crippen LogP contribution in [0, 0.1) is 5.41 Å². The molecule has 1 fully saturated rings. The summed E-state index contributed by atoms with van der Waals surface area (Å²) in [5.41, 5.74) is 7.66. The Hall–Kier alpha value is -0.610. The highest BCUT2D eigenvalue weighted by Crippen LogP contribution is 2.22. The van der Waals surface area contributed by atoms with Crippen LogP contribution in [-0.4, -0.2) is 43.2 Å². The van der Waals surface area contributed by atoms with Crippen LogP contribution in [0.2, 0.25) is 0 Å². The SMILES string of the molecule is CN(C(=O)C([NH])C(C)(C)C)C1CCOCC1. The molecule has 93 valence electrons. The second-order valence-corrected chi connectivity index (χ2v) is 5.59. The van der Waals surface area contributed by atoms with Gasteiger partial charge in [-0.25, -0.2) is 5.73 Å². The number of rotatable bonds is 2. The van der Waals surface area contributed by atoms with Gasteiger partial charge >= 0.3 is 0 Å². The number of ether oxygens (including phenoxy) is 1. The molecular formula is C12H23N2O2. The molecule has 1 amide bonds. The molecule has 1 rings (SSSR count). The van der Waals surface area contributed by atoms with Crippen LogP contribution in [-0.2, 0) is 9.53 Å². The third kappa shape index (κ3) is 3.19. The average molecular weight is 227 g/mol. The molecule has 1 atom stereocenters. The van der Waals surface area contributed by atoms with Crippen molar-refractivity contribution in [2.24, 2.45) is 5.41 Å². The van der Waals surface area contributed by atoms with Crippen LogP contribution in [0.3, 0.4) is 0 Å². The highest BCUT2D eigenvalue weighted by atomic mass is 16.5. The zero-order valence-electron chi connectivity index (χ0n) is 10.7. The Kier molecular flexibility index (Phi) is 4.33. The van der Waals surface area contributed by atoms with E-state index in [1.54, 1.807) is 4.90 Å². The molecule has 4 heteroatoms. The van der Waals surface area contributed by atoms with Crippen molar-refractivity contribution in [3.05, 3.63) is 0 Å². The van der Waals surface area contributed by atoms with Crippen LogP contribution >= 0.6 is 0 Å². The number of carbonyl (C=O) groups is 1. The number of nitrogens with zero attached hydrogens (tertiary/aromatic N) is 1. The first-order valence-corrected chi connectivity index (χ1v) is 5.89. The van der Waals surface area contributed by atoms with Crippen molar-refractivity contribution in [2.75, 3.05) is 20.3 Å². The molecule has 1 N–H and O–H groups in total. The first kappa shape index (κ1) is 13.5. The Bertz CT molecular complexity index is 242. The Morgan fingerprint density at radius 2 is 1.88 bits per heavy atom. The van der Waals surface area contributed by atoms with Gasteiger partial charge in [-0.1, -0.05) is 20.8 Å². The summed E-state index contributed by atoms with van der Waals surface area (Å²) in [6.07, 6.45) is 1.78. The largest absolute Gasteiger partial charge is 0.381 e. The summed E-state index contributed by atoms with van der Waals surface area (Å²) in [6.45, 7) is 7.24. The van der Waals surface area contributed by atoms with Crippen LogP contribution in [0.5, 0.6) is 0 Å². The monoisotopic (exact) mass is 227 g/mol. The molecule has 1 aliphatic rings. The summed E-state index contributed by atoms with van der Waals surface area (Å²) < 4.78 is 5.27. The minimum atomic E-state index is -0.680. The summed E-state index contributed by atoms with van der Waals surface area (Å²) in [5, 5.41) is 0. The lowest BCUT2D eigenvalue weighted by Crippen LogP contribution is -2.49. The van der Waals surface area contributed by atoms with Crippen LogP contribution in [0.15, 0.2) is 0 Å². The lowest BCUT2D eigenvalue weighted by atomic mass is 9.86. The maximum absolute atomic E-state index is 12.1. The molecule has 1 radical (unpaired) electrons. The number of nitrogens with one attached hydrogen (secondary N) is 1. The van der Waals surface area contributed by atoms with Gasteiger partial charge in [0.25, 0.3) is 0 Å². The van der Waals surface area contributed by atoms with Crippen molar-refractivity contribution in [3.8, 4) is 0 Å². The lowest BCUT2D eigenvalue weighted by Gasteiger charge is -2.35. The van der Waals surface area contributed by atoms with Crippen LogP contribution in [0.1, 0.15) is 33.6 Å². The molecule has 0 aliphatic carbocycles. The van der Waals surface area contributed by atoms with E-state index >= 15 is 0 Å². The predicted molar refractivity (Wildman–Crippen MR) is 63.0 cm³/mol. The lowest BCUT2D eigenvalue weighted by molar-refractivity contribution is -0.137. The zero-order valence-corrected chi connectivity index (χ0v) is 10.7. The van der Waals surface area contributed by atoms with E-state index in [0.29, 0.717) is 0 Å². The molecule has 1 unspecified atom stereocenters. The van der Waals surface area contributed by atoms with Gasteiger partial charge in [-0.15, -0.1) is 0 Å². The second kappa shape index (κ2) is 5.15. The van der Waals surface area contributed by atoms with Crippen LogP contribution in [0.4, 0.5) is 0 Å². The first-order chi connectivity index (χ1) is 7.34. The highest BCUT2D eigenvalue weighted by Gasteiger charge is 2.33. The Labute approximate surface area is 98.1 Å². The first-order valence-electron chi connectivity index (χ1n) is 5.89. The summed E-state index contributed by atoms with van der Waals surface area (Å²) >= 11 is 0. The standard InChI is InChI=1S/C12H23N2O2/c1-12(2,3)10(13)11(15)14(4)9-5-7-16-8-6-9/h9-10,13H,5-8H2,1-4H3. The highest BCUT2D eigenvalue weighted by molar-refractivity contribution is 5.82. The maximum Gasteiger partial charge on any atom is 0.241 e. The molecule has 0 bridgehead atoms. The van der Waals surface area contributed by atoms with Crippen molar-refractivity contribution in [2.45, 2.75) is 45.7 Å². The smallest absolute Gasteiger partial charge is 0.241 e. The topological polar surface area (TPSA) is 53.3 Å². The normalized spacial score (nSPS) is 20.6. The van der Waals surface area contributed by atoms with Gasteiger partial charge in [0.1, 0.15) is 6.04 Å². The van der Waals surface area contributed by atoms with Gasteiger partial charge in [-0.2, -0.15) is 0 Å². The number of amides is 1. The number of likely N-dealkylation sites (N-methyl/N-ethyl adjacent to an activating group) is 1. The fraction of sp³-hybridized carbons (Fsp3) is 0.917. The summed E-state index contributed by atoms with van der Waals surface area (Å²) in [6, 6.07) is -0.434.